The minimum atomic E-state index is -4.33. The van der Waals surface area contributed by atoms with Crippen LogP contribution < -0.4 is 20.1 Å². The summed E-state index contributed by atoms with van der Waals surface area (Å²) in [5, 5.41) is 6.24. The summed E-state index contributed by atoms with van der Waals surface area (Å²) in [7, 11) is 3.82. The second kappa shape index (κ2) is 19.9. The molecule has 4 aromatic rings. The minimum absolute atomic E-state index is 0. The first-order valence-corrected chi connectivity index (χ1v) is 13.8. The Labute approximate surface area is 265 Å². The number of nitrogens with one attached hydrogen (secondary N) is 2. The third-order valence-corrected chi connectivity index (χ3v) is 6.48. The minimum Gasteiger partial charge on any atom is -0.486 e. The molecule has 0 aliphatic heterocycles. The van der Waals surface area contributed by atoms with Gasteiger partial charge in [0.1, 0.15) is 23.7 Å². The maximum absolute atomic E-state index is 12.6. The maximum atomic E-state index is 12.6. The SMILES string of the molecule is CNCCC(Oc1ccc(C(F)(F)F)cc1)c1ccccc1.CNCC[C@@H](Oc1ccccc1C)c1ccccc1.Cl.Cl. The first-order valence-electron chi connectivity index (χ1n) is 13.8. The fraction of sp³-hybridized carbons (Fsp3) is 0.294. The van der Waals surface area contributed by atoms with Gasteiger partial charge in [0.2, 0.25) is 0 Å². The molecule has 0 aromatic heterocycles. The van der Waals surface area contributed by atoms with Crippen LogP contribution in [0.4, 0.5) is 13.2 Å². The molecule has 4 aromatic carbocycles. The van der Waals surface area contributed by atoms with Gasteiger partial charge in [-0.15, -0.1) is 24.8 Å². The second-order valence-electron chi connectivity index (χ2n) is 9.61. The molecular formula is C34H41Cl2F3N2O2. The van der Waals surface area contributed by atoms with Crippen LogP contribution in [-0.2, 0) is 6.18 Å². The molecule has 9 heteroatoms. The highest BCUT2D eigenvalue weighted by atomic mass is 35.5. The monoisotopic (exact) mass is 636 g/mol. The van der Waals surface area contributed by atoms with E-state index < -0.39 is 11.7 Å². The van der Waals surface area contributed by atoms with Crippen molar-refractivity contribution in [3.63, 3.8) is 0 Å². The molecule has 2 atom stereocenters. The van der Waals surface area contributed by atoms with Crippen LogP contribution in [0.2, 0.25) is 0 Å². The summed E-state index contributed by atoms with van der Waals surface area (Å²) < 4.78 is 49.7. The Hall–Kier alpha value is -3.23. The second-order valence-corrected chi connectivity index (χ2v) is 9.61. The highest BCUT2D eigenvalue weighted by Crippen LogP contribution is 2.32. The van der Waals surface area contributed by atoms with E-state index in [2.05, 4.69) is 47.9 Å². The van der Waals surface area contributed by atoms with Gasteiger partial charge in [0.25, 0.3) is 0 Å². The zero-order chi connectivity index (χ0) is 29.5. The van der Waals surface area contributed by atoms with Crippen molar-refractivity contribution in [3.8, 4) is 11.5 Å². The number of para-hydroxylation sites is 1. The standard InChI is InChI=1S/C17H18F3NO.C17H21NO.2ClH/c1-21-12-11-16(13-5-3-2-4-6-13)22-15-9-7-14(8-10-15)17(18,19)20;1-14-8-6-7-11-16(14)19-17(12-13-18-2)15-9-4-3-5-10-15;;/h2-10,16,21H,11-12H2,1H3;3-11,17-18H,12-13H2,1-2H3;2*1H/t;17-;;/m.1../s1. The molecule has 0 bridgehead atoms. The number of aryl methyl sites for hydroxylation is 1. The molecule has 4 nitrogen and oxygen atoms in total. The normalized spacial score (nSPS) is 12.0. The lowest BCUT2D eigenvalue weighted by atomic mass is 10.1. The van der Waals surface area contributed by atoms with Crippen molar-refractivity contribution in [2.75, 3.05) is 27.2 Å². The highest BCUT2D eigenvalue weighted by Gasteiger charge is 2.30. The largest absolute Gasteiger partial charge is 0.486 e. The van der Waals surface area contributed by atoms with Crippen molar-refractivity contribution in [3.05, 3.63) is 131 Å². The topological polar surface area (TPSA) is 42.5 Å². The third kappa shape index (κ3) is 12.9. The Morgan fingerprint density at radius 1 is 0.605 bits per heavy atom. The van der Waals surface area contributed by atoms with E-state index in [-0.39, 0.29) is 37.0 Å². The fourth-order valence-corrected chi connectivity index (χ4v) is 4.20. The van der Waals surface area contributed by atoms with Crippen LogP contribution in [0.1, 0.15) is 47.3 Å². The van der Waals surface area contributed by atoms with Crippen LogP contribution in [-0.4, -0.2) is 27.2 Å². The molecule has 234 valence electrons. The number of hydrogen-bond acceptors (Lipinski definition) is 4. The van der Waals surface area contributed by atoms with E-state index in [0.29, 0.717) is 5.75 Å². The lowest BCUT2D eigenvalue weighted by Crippen LogP contribution is -2.16. The van der Waals surface area contributed by atoms with Crippen molar-refractivity contribution >= 4 is 24.8 Å². The van der Waals surface area contributed by atoms with Crippen LogP contribution in [0.5, 0.6) is 11.5 Å². The molecule has 1 unspecified atom stereocenters. The van der Waals surface area contributed by atoms with Crippen molar-refractivity contribution in [1.29, 1.82) is 0 Å². The molecule has 43 heavy (non-hydrogen) atoms. The molecule has 0 aliphatic rings. The third-order valence-electron chi connectivity index (χ3n) is 6.48. The molecule has 0 fully saturated rings. The summed E-state index contributed by atoms with van der Waals surface area (Å²) in [6, 6.07) is 33.0. The van der Waals surface area contributed by atoms with Gasteiger partial charge >= 0.3 is 6.18 Å². The highest BCUT2D eigenvalue weighted by molar-refractivity contribution is 5.85. The predicted molar refractivity (Wildman–Crippen MR) is 174 cm³/mol. The van der Waals surface area contributed by atoms with Gasteiger partial charge in [-0.05, 0) is 81.1 Å². The smallest absolute Gasteiger partial charge is 0.416 e. The molecule has 0 amide bonds. The summed E-state index contributed by atoms with van der Waals surface area (Å²) >= 11 is 0. The summed E-state index contributed by atoms with van der Waals surface area (Å²) in [6.45, 7) is 3.76. The van der Waals surface area contributed by atoms with E-state index in [9.17, 15) is 13.2 Å². The lowest BCUT2D eigenvalue weighted by molar-refractivity contribution is -0.137. The van der Waals surface area contributed by atoms with Gasteiger partial charge in [0.15, 0.2) is 0 Å². The molecule has 0 spiro atoms. The summed E-state index contributed by atoms with van der Waals surface area (Å²) in [5.74, 6) is 1.39. The van der Waals surface area contributed by atoms with Gasteiger partial charge in [0, 0.05) is 12.8 Å². The molecular weight excluding hydrogens is 596 g/mol. The molecule has 0 saturated carbocycles. The Morgan fingerprint density at radius 3 is 1.49 bits per heavy atom. The van der Waals surface area contributed by atoms with E-state index >= 15 is 0 Å². The van der Waals surface area contributed by atoms with Gasteiger partial charge in [-0.2, -0.15) is 13.2 Å². The van der Waals surface area contributed by atoms with Crippen LogP contribution in [0.25, 0.3) is 0 Å². The van der Waals surface area contributed by atoms with Gasteiger partial charge in [0.05, 0.1) is 5.56 Å². The lowest BCUT2D eigenvalue weighted by Gasteiger charge is -2.20. The Bertz CT molecular complexity index is 1280. The van der Waals surface area contributed by atoms with E-state index in [1.165, 1.54) is 23.3 Å². The predicted octanol–water partition coefficient (Wildman–Crippen LogP) is 9.00. The van der Waals surface area contributed by atoms with E-state index in [4.69, 9.17) is 9.47 Å². The summed E-state index contributed by atoms with van der Waals surface area (Å²) in [4.78, 5) is 0. The average Bonchev–Trinajstić information content (AvgIpc) is 2.99. The Balaban J connectivity index is 0.000000415. The van der Waals surface area contributed by atoms with Crippen molar-refractivity contribution in [2.45, 2.75) is 38.1 Å². The molecule has 2 N–H and O–H groups in total. The number of benzene rings is 4. The number of rotatable bonds is 12. The molecule has 0 radical (unpaired) electrons. The van der Waals surface area contributed by atoms with Crippen molar-refractivity contribution in [2.24, 2.45) is 0 Å². The molecule has 0 aliphatic carbocycles. The van der Waals surface area contributed by atoms with Gasteiger partial charge in [-0.1, -0.05) is 78.9 Å². The zero-order valence-corrected chi connectivity index (χ0v) is 26.3. The van der Waals surface area contributed by atoms with Crippen LogP contribution in [0.3, 0.4) is 0 Å². The Kier molecular flexibility index (Phi) is 17.5. The number of halogens is 5. The van der Waals surface area contributed by atoms with Crippen LogP contribution in [0, 0.1) is 6.92 Å². The maximum Gasteiger partial charge on any atom is 0.416 e. The quantitative estimate of drug-likeness (QED) is 0.163. The van der Waals surface area contributed by atoms with Crippen LogP contribution >= 0.6 is 24.8 Å². The Morgan fingerprint density at radius 2 is 1.05 bits per heavy atom. The average molecular weight is 638 g/mol. The zero-order valence-electron chi connectivity index (χ0n) is 24.6. The number of ether oxygens (including phenoxy) is 2. The summed E-state index contributed by atoms with van der Waals surface area (Å²) in [5.41, 5.74) is 2.72. The van der Waals surface area contributed by atoms with E-state index in [0.717, 1.165) is 49.4 Å². The molecule has 0 heterocycles. The summed E-state index contributed by atoms with van der Waals surface area (Å²) in [6.07, 6.45) is -2.76. The number of alkyl halides is 3. The first-order chi connectivity index (χ1) is 19.8. The fourth-order valence-electron chi connectivity index (χ4n) is 4.20. The van der Waals surface area contributed by atoms with E-state index in [1.54, 1.807) is 0 Å². The van der Waals surface area contributed by atoms with Gasteiger partial charge < -0.3 is 20.1 Å². The first kappa shape index (κ1) is 37.8. The van der Waals surface area contributed by atoms with Crippen molar-refractivity contribution in [1.82, 2.24) is 10.6 Å². The van der Waals surface area contributed by atoms with Crippen molar-refractivity contribution < 1.29 is 22.6 Å². The van der Waals surface area contributed by atoms with E-state index in [1.807, 2.05) is 68.7 Å². The van der Waals surface area contributed by atoms with Gasteiger partial charge in [-0.25, -0.2) is 0 Å². The molecule has 0 saturated heterocycles. The molecule has 4 rings (SSSR count). The van der Waals surface area contributed by atoms with Crippen LogP contribution in [0.15, 0.2) is 109 Å². The van der Waals surface area contributed by atoms with Gasteiger partial charge in [-0.3, -0.25) is 0 Å². The number of hydrogen-bond donors (Lipinski definition) is 2.